The van der Waals surface area contributed by atoms with Crippen molar-refractivity contribution >= 4 is 5.97 Å². The van der Waals surface area contributed by atoms with E-state index >= 15 is 0 Å². The van der Waals surface area contributed by atoms with Crippen LogP contribution in [0.2, 0.25) is 0 Å². The average molecular weight is 235 g/mol. The fourth-order valence-corrected chi connectivity index (χ4v) is 1.21. The lowest BCUT2D eigenvalue weighted by Gasteiger charge is -2.10. The molecule has 0 radical (unpaired) electrons. The van der Waals surface area contributed by atoms with Crippen LogP contribution in [0, 0.1) is 12.1 Å². The largest absolute Gasteiger partial charge is 0.618 e. The van der Waals surface area contributed by atoms with Gasteiger partial charge in [-0.05, 0) is 13.0 Å². The number of aryl methyl sites for hydroxylation is 1. The van der Waals surface area contributed by atoms with E-state index in [4.69, 9.17) is 0 Å². The maximum Gasteiger partial charge on any atom is 0.422 e. The van der Waals surface area contributed by atoms with Gasteiger partial charge in [0.05, 0.1) is 7.11 Å². The van der Waals surface area contributed by atoms with Crippen molar-refractivity contribution in [2.75, 3.05) is 7.11 Å². The Hall–Kier alpha value is -1.79. The van der Waals surface area contributed by atoms with Gasteiger partial charge < -0.3 is 9.94 Å². The third-order valence-electron chi connectivity index (χ3n) is 1.93. The summed E-state index contributed by atoms with van der Waals surface area (Å²) in [6, 6.07) is 0.723. The Labute approximate surface area is 88.8 Å². The van der Waals surface area contributed by atoms with E-state index in [0.717, 1.165) is 13.2 Å². The van der Waals surface area contributed by atoms with E-state index in [1.807, 2.05) is 0 Å². The van der Waals surface area contributed by atoms with Crippen LogP contribution >= 0.6 is 0 Å². The summed E-state index contributed by atoms with van der Waals surface area (Å²) in [7, 11) is 1.04. The minimum atomic E-state index is -4.62. The third-order valence-corrected chi connectivity index (χ3v) is 1.93. The monoisotopic (exact) mass is 235 g/mol. The first-order valence-corrected chi connectivity index (χ1v) is 4.16. The molecule has 0 atom stereocenters. The number of carbonyl (C=O) groups is 1. The predicted molar refractivity (Wildman–Crippen MR) is 46.5 cm³/mol. The van der Waals surface area contributed by atoms with E-state index < -0.39 is 23.4 Å². The van der Waals surface area contributed by atoms with Crippen LogP contribution in [0.1, 0.15) is 21.6 Å². The van der Waals surface area contributed by atoms with E-state index in [1.165, 1.54) is 6.92 Å². The van der Waals surface area contributed by atoms with Crippen molar-refractivity contribution in [1.82, 2.24) is 0 Å². The van der Waals surface area contributed by atoms with Crippen LogP contribution in [0.15, 0.2) is 12.3 Å². The van der Waals surface area contributed by atoms with E-state index in [1.54, 1.807) is 0 Å². The van der Waals surface area contributed by atoms with Gasteiger partial charge in [0.25, 0.3) is 0 Å². The number of alkyl halides is 3. The number of pyridine rings is 1. The van der Waals surface area contributed by atoms with Crippen molar-refractivity contribution in [3.05, 3.63) is 34.3 Å². The van der Waals surface area contributed by atoms with Crippen LogP contribution in [-0.4, -0.2) is 13.1 Å². The highest BCUT2D eigenvalue weighted by Gasteiger charge is 2.35. The molecule has 0 aliphatic heterocycles. The number of rotatable bonds is 1. The van der Waals surface area contributed by atoms with Crippen LogP contribution in [-0.2, 0) is 10.9 Å². The highest BCUT2D eigenvalue weighted by atomic mass is 19.4. The van der Waals surface area contributed by atoms with E-state index in [2.05, 4.69) is 4.74 Å². The second-order valence-electron chi connectivity index (χ2n) is 3.08. The molecule has 7 heteroatoms. The maximum absolute atomic E-state index is 12.3. The molecule has 0 saturated carbocycles. The molecular formula is C9H8F3NO3. The molecular weight excluding hydrogens is 227 g/mol. The van der Waals surface area contributed by atoms with Crippen molar-refractivity contribution in [2.45, 2.75) is 13.1 Å². The Morgan fingerprint density at radius 1 is 1.50 bits per heavy atom. The molecule has 0 fully saturated rings. The molecule has 1 heterocycles. The van der Waals surface area contributed by atoms with E-state index in [-0.39, 0.29) is 10.3 Å². The van der Waals surface area contributed by atoms with E-state index in [0.29, 0.717) is 6.20 Å². The highest BCUT2D eigenvalue weighted by Crippen LogP contribution is 2.29. The molecule has 0 amide bonds. The number of methoxy groups -OCH3 is 1. The molecule has 0 unspecified atom stereocenters. The molecule has 1 aromatic heterocycles. The number of nitrogens with zero attached hydrogens (tertiary/aromatic N) is 1. The minimum absolute atomic E-state index is 0.0864. The van der Waals surface area contributed by atoms with Gasteiger partial charge >= 0.3 is 17.8 Å². The molecule has 0 N–H and O–H groups in total. The summed E-state index contributed by atoms with van der Waals surface area (Å²) in [5, 5.41) is 11.2. The average Bonchev–Trinajstić information content (AvgIpc) is 2.14. The molecule has 4 nitrogen and oxygen atoms in total. The molecule has 0 bridgehead atoms. The van der Waals surface area contributed by atoms with Crippen LogP contribution < -0.4 is 4.73 Å². The molecule has 0 aliphatic rings. The molecule has 16 heavy (non-hydrogen) atoms. The van der Waals surface area contributed by atoms with Gasteiger partial charge in [-0.25, -0.2) is 4.79 Å². The molecule has 0 aromatic carbocycles. The van der Waals surface area contributed by atoms with Gasteiger partial charge in [-0.15, -0.1) is 0 Å². The second kappa shape index (κ2) is 3.99. The van der Waals surface area contributed by atoms with Crippen molar-refractivity contribution in [3.8, 4) is 0 Å². The first-order valence-electron chi connectivity index (χ1n) is 4.16. The molecule has 0 saturated heterocycles. The molecule has 88 valence electrons. The van der Waals surface area contributed by atoms with Gasteiger partial charge in [-0.1, -0.05) is 0 Å². The normalized spacial score (nSPS) is 11.3. The fraction of sp³-hybridized carbons (Fsp3) is 0.333. The number of esters is 1. The molecule has 0 aliphatic carbocycles. The van der Waals surface area contributed by atoms with E-state index in [9.17, 15) is 23.2 Å². The Bertz CT molecular complexity index is 405. The minimum Gasteiger partial charge on any atom is -0.618 e. The van der Waals surface area contributed by atoms with Crippen LogP contribution in [0.5, 0.6) is 0 Å². The van der Waals surface area contributed by atoms with Gasteiger partial charge in [0.2, 0.25) is 0 Å². The zero-order chi connectivity index (χ0) is 12.5. The zero-order valence-electron chi connectivity index (χ0n) is 8.46. The fourth-order valence-electron chi connectivity index (χ4n) is 1.21. The highest BCUT2D eigenvalue weighted by molar-refractivity contribution is 5.87. The first-order chi connectivity index (χ1) is 7.27. The van der Waals surface area contributed by atoms with Gasteiger partial charge in [-0.2, -0.15) is 17.9 Å². The lowest BCUT2D eigenvalue weighted by molar-refractivity contribution is -0.610. The Morgan fingerprint density at radius 3 is 2.44 bits per heavy atom. The summed E-state index contributed by atoms with van der Waals surface area (Å²) in [5.41, 5.74) is -1.64. The van der Waals surface area contributed by atoms with Crippen molar-refractivity contribution in [1.29, 1.82) is 0 Å². The Morgan fingerprint density at radius 2 is 2.06 bits per heavy atom. The second-order valence-corrected chi connectivity index (χ2v) is 3.08. The topological polar surface area (TPSA) is 53.2 Å². The number of hydrogen-bond donors (Lipinski definition) is 0. The maximum atomic E-state index is 12.3. The zero-order valence-corrected chi connectivity index (χ0v) is 8.46. The van der Waals surface area contributed by atoms with Crippen molar-refractivity contribution < 1.29 is 27.4 Å². The van der Waals surface area contributed by atoms with Gasteiger partial charge in [0.15, 0.2) is 6.20 Å². The van der Waals surface area contributed by atoms with Gasteiger partial charge in [0.1, 0.15) is 5.56 Å². The van der Waals surface area contributed by atoms with Gasteiger partial charge in [-0.3, -0.25) is 0 Å². The summed E-state index contributed by atoms with van der Waals surface area (Å²) in [5.74, 6) is -0.971. The standard InChI is InChI=1S/C9H8F3NO3/c1-5-3-6(9(10,11)12)4-13(15)7(5)8(14)16-2/h3-4H,1-2H3. The summed E-state index contributed by atoms with van der Waals surface area (Å²) >= 11 is 0. The Balaban J connectivity index is 3.34. The lowest BCUT2D eigenvalue weighted by Crippen LogP contribution is -2.37. The Kier molecular flexibility index (Phi) is 3.06. The van der Waals surface area contributed by atoms with Crippen molar-refractivity contribution in [3.63, 3.8) is 0 Å². The quantitative estimate of drug-likeness (QED) is 0.420. The van der Waals surface area contributed by atoms with Gasteiger partial charge in [0, 0.05) is 5.56 Å². The molecule has 1 rings (SSSR count). The first kappa shape index (κ1) is 12.3. The smallest absolute Gasteiger partial charge is 0.422 e. The predicted octanol–water partition coefficient (Wildman–Crippen LogP) is 1.43. The van der Waals surface area contributed by atoms with Crippen LogP contribution in [0.4, 0.5) is 13.2 Å². The van der Waals surface area contributed by atoms with Crippen LogP contribution in [0.3, 0.4) is 0 Å². The van der Waals surface area contributed by atoms with Crippen LogP contribution in [0.25, 0.3) is 0 Å². The lowest BCUT2D eigenvalue weighted by atomic mass is 10.1. The molecule has 0 spiro atoms. The summed E-state index contributed by atoms with van der Waals surface area (Å²) in [4.78, 5) is 11.1. The summed E-state index contributed by atoms with van der Waals surface area (Å²) in [6.07, 6.45) is -4.31. The SMILES string of the molecule is COC(=O)c1c(C)cc(C(F)(F)F)c[n+]1[O-]. The number of hydrogen-bond acceptors (Lipinski definition) is 3. The number of carbonyl (C=O) groups excluding carboxylic acids is 1. The third kappa shape index (κ3) is 2.23. The number of ether oxygens (including phenoxy) is 1. The summed E-state index contributed by atoms with van der Waals surface area (Å²) < 4.78 is 41.0. The van der Waals surface area contributed by atoms with Crippen molar-refractivity contribution in [2.24, 2.45) is 0 Å². The molecule has 1 aromatic rings. The number of aromatic nitrogens is 1. The summed E-state index contributed by atoms with van der Waals surface area (Å²) in [6.45, 7) is 1.23. The number of halogens is 3.